The number of rotatable bonds is 5. The molecule has 2 unspecified atom stereocenters. The predicted octanol–water partition coefficient (Wildman–Crippen LogP) is 2.16. The van der Waals surface area contributed by atoms with E-state index in [-0.39, 0.29) is 0 Å². The van der Waals surface area contributed by atoms with Crippen molar-refractivity contribution in [2.75, 3.05) is 27.2 Å². The minimum Gasteiger partial charge on any atom is -0.478 e. The first kappa shape index (κ1) is 14.5. The van der Waals surface area contributed by atoms with Crippen LogP contribution in [0.1, 0.15) is 28.8 Å². The van der Waals surface area contributed by atoms with Gasteiger partial charge in [0.1, 0.15) is 0 Å². The first-order valence-corrected chi connectivity index (χ1v) is 7.76. The van der Waals surface area contributed by atoms with Gasteiger partial charge in [0.15, 0.2) is 0 Å². The normalized spacial score (nSPS) is 26.4. The van der Waals surface area contributed by atoms with Gasteiger partial charge in [0.05, 0.1) is 5.56 Å². The number of hydrogen-bond acceptors (Lipinski definition) is 3. The summed E-state index contributed by atoms with van der Waals surface area (Å²) in [7, 11) is 4.32. The number of carboxylic acids is 1. The Bertz CT molecular complexity index is 515. The van der Waals surface area contributed by atoms with E-state index in [1.165, 1.54) is 12.8 Å². The molecule has 0 radical (unpaired) electrons. The van der Waals surface area contributed by atoms with Crippen LogP contribution in [0, 0.1) is 11.8 Å². The molecule has 1 aliphatic heterocycles. The van der Waals surface area contributed by atoms with Gasteiger partial charge in [-0.1, -0.05) is 18.2 Å². The summed E-state index contributed by atoms with van der Waals surface area (Å²) in [5.74, 6) is 0.807. The molecule has 0 amide bonds. The summed E-state index contributed by atoms with van der Waals surface area (Å²) in [5.41, 5.74) is 1.37. The predicted molar refractivity (Wildman–Crippen MR) is 82.4 cm³/mol. The first-order valence-electron chi connectivity index (χ1n) is 7.76. The fourth-order valence-electron chi connectivity index (χ4n) is 3.66. The maximum atomic E-state index is 11.3. The van der Waals surface area contributed by atoms with Crippen LogP contribution in [-0.2, 0) is 6.54 Å². The summed E-state index contributed by atoms with van der Waals surface area (Å²) >= 11 is 0. The molecule has 1 N–H and O–H groups in total. The molecule has 0 spiro atoms. The van der Waals surface area contributed by atoms with E-state index < -0.39 is 5.97 Å². The number of likely N-dealkylation sites (N-methyl/N-ethyl adjacent to an activating group) is 1. The minimum atomic E-state index is -0.826. The lowest BCUT2D eigenvalue weighted by atomic mass is 9.97. The van der Waals surface area contributed by atoms with E-state index in [0.29, 0.717) is 11.6 Å². The Balaban J connectivity index is 1.73. The van der Waals surface area contributed by atoms with E-state index in [2.05, 4.69) is 23.9 Å². The van der Waals surface area contributed by atoms with E-state index >= 15 is 0 Å². The Morgan fingerprint density at radius 3 is 2.62 bits per heavy atom. The summed E-state index contributed by atoms with van der Waals surface area (Å²) in [4.78, 5) is 16.1. The van der Waals surface area contributed by atoms with Crippen molar-refractivity contribution in [1.29, 1.82) is 0 Å². The molecule has 2 atom stereocenters. The second-order valence-electron chi connectivity index (χ2n) is 6.69. The largest absolute Gasteiger partial charge is 0.478 e. The van der Waals surface area contributed by atoms with Gasteiger partial charge >= 0.3 is 5.97 Å². The molecule has 3 rings (SSSR count). The Morgan fingerprint density at radius 1 is 1.29 bits per heavy atom. The maximum Gasteiger partial charge on any atom is 0.336 e. The maximum absolute atomic E-state index is 11.3. The van der Waals surface area contributed by atoms with Gasteiger partial charge in [0.25, 0.3) is 0 Å². The molecular formula is C17H24N2O2. The lowest BCUT2D eigenvalue weighted by Crippen LogP contribution is -2.36. The topological polar surface area (TPSA) is 43.8 Å². The summed E-state index contributed by atoms with van der Waals surface area (Å²) in [6, 6.07) is 7.98. The summed E-state index contributed by atoms with van der Waals surface area (Å²) in [5, 5.41) is 9.30. The molecule has 1 saturated carbocycles. The second kappa shape index (κ2) is 5.78. The summed E-state index contributed by atoms with van der Waals surface area (Å²) < 4.78 is 0. The molecule has 2 fully saturated rings. The second-order valence-corrected chi connectivity index (χ2v) is 6.69. The van der Waals surface area contributed by atoms with Gasteiger partial charge < -0.3 is 10.0 Å². The molecule has 0 bridgehead atoms. The molecule has 4 heteroatoms. The van der Waals surface area contributed by atoms with Crippen molar-refractivity contribution < 1.29 is 9.90 Å². The number of hydrogen-bond donors (Lipinski definition) is 1. The summed E-state index contributed by atoms with van der Waals surface area (Å²) in [6.07, 6.45) is 2.74. The fraction of sp³-hybridized carbons (Fsp3) is 0.588. The zero-order valence-corrected chi connectivity index (χ0v) is 12.8. The fourth-order valence-corrected chi connectivity index (χ4v) is 3.66. The average molecular weight is 288 g/mol. The average Bonchev–Trinajstić information content (AvgIpc) is 3.20. The van der Waals surface area contributed by atoms with Crippen molar-refractivity contribution in [2.45, 2.75) is 25.4 Å². The van der Waals surface area contributed by atoms with Crippen molar-refractivity contribution in [3.63, 3.8) is 0 Å². The zero-order valence-electron chi connectivity index (χ0n) is 12.8. The third-order valence-electron chi connectivity index (χ3n) is 4.94. The van der Waals surface area contributed by atoms with Crippen LogP contribution in [0.4, 0.5) is 0 Å². The smallest absolute Gasteiger partial charge is 0.336 e. The highest BCUT2D eigenvalue weighted by Crippen LogP contribution is 2.42. The highest BCUT2D eigenvalue weighted by Gasteiger charge is 2.43. The van der Waals surface area contributed by atoms with Crippen LogP contribution in [0.15, 0.2) is 24.3 Å². The van der Waals surface area contributed by atoms with Crippen molar-refractivity contribution in [3.8, 4) is 0 Å². The third kappa shape index (κ3) is 3.11. The van der Waals surface area contributed by atoms with Gasteiger partial charge in [-0.3, -0.25) is 4.90 Å². The van der Waals surface area contributed by atoms with Gasteiger partial charge in [0, 0.05) is 25.7 Å². The first-order chi connectivity index (χ1) is 10.1. The molecule has 1 aromatic carbocycles. The Kier molecular flexibility index (Phi) is 4.00. The van der Waals surface area contributed by atoms with Crippen LogP contribution in [-0.4, -0.2) is 54.1 Å². The third-order valence-corrected chi connectivity index (χ3v) is 4.94. The van der Waals surface area contributed by atoms with Crippen LogP contribution < -0.4 is 0 Å². The molecule has 0 aromatic heterocycles. The molecule has 1 aromatic rings. The van der Waals surface area contributed by atoms with Gasteiger partial charge in [-0.15, -0.1) is 0 Å². The monoisotopic (exact) mass is 288 g/mol. The van der Waals surface area contributed by atoms with Crippen molar-refractivity contribution in [3.05, 3.63) is 35.4 Å². The number of likely N-dealkylation sites (tertiary alicyclic amines) is 1. The van der Waals surface area contributed by atoms with Crippen molar-refractivity contribution in [2.24, 2.45) is 11.8 Å². The number of carbonyl (C=O) groups is 1. The van der Waals surface area contributed by atoms with Crippen LogP contribution in [0.5, 0.6) is 0 Å². The number of aromatic carboxylic acids is 1. The number of nitrogens with zero attached hydrogens (tertiary/aromatic N) is 2. The molecular weight excluding hydrogens is 264 g/mol. The van der Waals surface area contributed by atoms with Gasteiger partial charge in [0.2, 0.25) is 0 Å². The lowest BCUT2D eigenvalue weighted by molar-refractivity contribution is 0.0694. The molecule has 21 heavy (non-hydrogen) atoms. The van der Waals surface area contributed by atoms with E-state index in [1.54, 1.807) is 12.1 Å². The van der Waals surface area contributed by atoms with E-state index in [1.807, 2.05) is 12.1 Å². The molecule has 1 aliphatic carbocycles. The number of carboxylic acid groups (broad SMARTS) is 1. The molecule has 1 saturated heterocycles. The van der Waals surface area contributed by atoms with Crippen molar-refractivity contribution in [1.82, 2.24) is 9.80 Å². The Morgan fingerprint density at radius 2 is 2.00 bits per heavy atom. The Labute approximate surface area is 126 Å². The lowest BCUT2D eigenvalue weighted by Gasteiger charge is -2.25. The SMILES string of the molecule is CN(C)C1CN(Cc2ccccc2C(=O)O)CC1C1CC1. The highest BCUT2D eigenvalue weighted by atomic mass is 16.4. The van der Waals surface area contributed by atoms with Crippen LogP contribution >= 0.6 is 0 Å². The number of benzene rings is 1. The van der Waals surface area contributed by atoms with Crippen LogP contribution in [0.2, 0.25) is 0 Å². The minimum absolute atomic E-state index is 0.439. The Hall–Kier alpha value is -1.39. The van der Waals surface area contributed by atoms with Crippen LogP contribution in [0.25, 0.3) is 0 Å². The van der Waals surface area contributed by atoms with Crippen LogP contribution in [0.3, 0.4) is 0 Å². The van der Waals surface area contributed by atoms with E-state index in [0.717, 1.165) is 37.0 Å². The van der Waals surface area contributed by atoms with Gasteiger partial charge in [-0.25, -0.2) is 4.79 Å². The zero-order chi connectivity index (χ0) is 15.0. The van der Waals surface area contributed by atoms with E-state index in [9.17, 15) is 9.90 Å². The van der Waals surface area contributed by atoms with Gasteiger partial charge in [-0.05, 0) is 50.4 Å². The van der Waals surface area contributed by atoms with E-state index in [4.69, 9.17) is 0 Å². The molecule has 114 valence electrons. The highest BCUT2D eigenvalue weighted by molar-refractivity contribution is 5.89. The quantitative estimate of drug-likeness (QED) is 0.901. The van der Waals surface area contributed by atoms with Crippen molar-refractivity contribution >= 4 is 5.97 Å². The molecule has 4 nitrogen and oxygen atoms in total. The standard InChI is InChI=1S/C17H24N2O2/c1-18(2)16-11-19(10-15(16)12-7-8-12)9-13-5-3-4-6-14(13)17(20)21/h3-6,12,15-16H,7-11H2,1-2H3,(H,20,21). The molecule has 1 heterocycles. The summed E-state index contributed by atoms with van der Waals surface area (Å²) in [6.45, 7) is 2.89. The van der Waals surface area contributed by atoms with Gasteiger partial charge in [-0.2, -0.15) is 0 Å². The molecule has 2 aliphatic rings.